The third-order valence-electron chi connectivity index (χ3n) is 3.59. The van der Waals surface area contributed by atoms with Crippen molar-refractivity contribution >= 4 is 27.3 Å². The predicted octanol–water partition coefficient (Wildman–Crippen LogP) is 1.02. The minimum Gasteiger partial charge on any atom is -0.353 e. The van der Waals surface area contributed by atoms with E-state index in [9.17, 15) is 13.2 Å². The fraction of sp³-hybridized carbons (Fsp3) is 0.643. The molecular formula is C14H23N3O3S2. The fourth-order valence-electron chi connectivity index (χ4n) is 2.51. The highest BCUT2D eigenvalue weighted by Gasteiger charge is 2.39. The van der Waals surface area contributed by atoms with Gasteiger partial charge in [0, 0.05) is 19.6 Å². The molecule has 6 nitrogen and oxygen atoms in total. The molecular weight excluding hydrogens is 322 g/mol. The Hall–Kier alpha value is -0.960. The minimum absolute atomic E-state index is 0.198. The number of carbonyl (C=O) groups excluding carboxylic acids is 1. The summed E-state index contributed by atoms with van der Waals surface area (Å²) in [6.07, 6.45) is 2.35. The summed E-state index contributed by atoms with van der Waals surface area (Å²) in [6.45, 7) is 4.62. The minimum atomic E-state index is -3.55. The van der Waals surface area contributed by atoms with Crippen molar-refractivity contribution in [3.8, 4) is 0 Å². The largest absolute Gasteiger partial charge is 0.353 e. The zero-order valence-corrected chi connectivity index (χ0v) is 14.4. The van der Waals surface area contributed by atoms with E-state index < -0.39 is 16.1 Å². The van der Waals surface area contributed by atoms with Crippen LogP contribution in [0, 0.1) is 0 Å². The number of nitrogens with one attached hydrogen (secondary N) is 2. The third kappa shape index (κ3) is 4.07. The zero-order chi connectivity index (χ0) is 16.0. The summed E-state index contributed by atoms with van der Waals surface area (Å²) < 4.78 is 26.8. The SMILES string of the molecule is CCCNCCNC(=O)C1CCCN1S(=O)(=O)c1cccs1. The molecule has 1 saturated heterocycles. The number of hydrogen-bond acceptors (Lipinski definition) is 5. The summed E-state index contributed by atoms with van der Waals surface area (Å²) in [4.78, 5) is 12.3. The summed E-state index contributed by atoms with van der Waals surface area (Å²) in [6, 6.07) is 2.71. The first kappa shape index (κ1) is 17.4. The standard InChI is InChI=1S/C14H23N3O3S2/c1-2-7-15-8-9-16-14(18)12-5-3-10-17(12)22(19,20)13-6-4-11-21-13/h4,6,11-12,15H,2-3,5,7-10H2,1H3,(H,16,18). The quantitative estimate of drug-likeness (QED) is 0.690. The Morgan fingerprint density at radius 3 is 2.91 bits per heavy atom. The average molecular weight is 345 g/mol. The van der Waals surface area contributed by atoms with Crippen LogP contribution in [0.5, 0.6) is 0 Å². The number of nitrogens with zero attached hydrogens (tertiary/aromatic N) is 1. The highest BCUT2D eigenvalue weighted by atomic mass is 32.2. The molecule has 0 bridgehead atoms. The van der Waals surface area contributed by atoms with E-state index in [1.807, 2.05) is 0 Å². The van der Waals surface area contributed by atoms with Crippen molar-refractivity contribution in [3.63, 3.8) is 0 Å². The van der Waals surface area contributed by atoms with E-state index in [0.717, 1.165) is 19.4 Å². The highest BCUT2D eigenvalue weighted by Crippen LogP contribution is 2.28. The number of thiophene rings is 1. The first-order valence-corrected chi connectivity index (χ1v) is 9.93. The van der Waals surface area contributed by atoms with Gasteiger partial charge in [0.1, 0.15) is 10.3 Å². The Bertz CT molecular complexity index is 572. The van der Waals surface area contributed by atoms with E-state index >= 15 is 0 Å². The summed E-state index contributed by atoms with van der Waals surface area (Å²) in [5.41, 5.74) is 0. The molecule has 1 fully saturated rings. The van der Waals surface area contributed by atoms with E-state index in [1.165, 1.54) is 15.6 Å². The summed E-state index contributed by atoms with van der Waals surface area (Å²) in [5.74, 6) is -0.198. The zero-order valence-electron chi connectivity index (χ0n) is 12.7. The number of rotatable bonds is 8. The highest BCUT2D eigenvalue weighted by molar-refractivity contribution is 7.91. The smallest absolute Gasteiger partial charge is 0.253 e. The van der Waals surface area contributed by atoms with Crippen LogP contribution in [-0.4, -0.2) is 50.9 Å². The second-order valence-corrected chi connectivity index (χ2v) is 8.31. The third-order valence-corrected chi connectivity index (χ3v) is 6.87. The lowest BCUT2D eigenvalue weighted by Gasteiger charge is -2.22. The van der Waals surface area contributed by atoms with Gasteiger partial charge in [0.05, 0.1) is 0 Å². The molecule has 1 atom stereocenters. The normalized spacial score (nSPS) is 19.4. The van der Waals surface area contributed by atoms with Gasteiger partial charge in [-0.3, -0.25) is 4.79 Å². The molecule has 0 aliphatic carbocycles. The molecule has 0 spiro atoms. The molecule has 1 amide bonds. The Balaban J connectivity index is 1.94. The van der Waals surface area contributed by atoms with E-state index in [1.54, 1.807) is 17.5 Å². The van der Waals surface area contributed by atoms with Crippen LogP contribution in [0.25, 0.3) is 0 Å². The van der Waals surface area contributed by atoms with Crippen molar-refractivity contribution in [1.29, 1.82) is 0 Å². The van der Waals surface area contributed by atoms with Crippen LogP contribution in [0.4, 0.5) is 0 Å². The maximum atomic E-state index is 12.6. The first-order valence-electron chi connectivity index (χ1n) is 7.61. The Kier molecular flexibility index (Phi) is 6.37. The van der Waals surface area contributed by atoms with Crippen molar-refractivity contribution in [2.45, 2.75) is 36.4 Å². The monoisotopic (exact) mass is 345 g/mol. The maximum Gasteiger partial charge on any atom is 0.253 e. The van der Waals surface area contributed by atoms with Crippen LogP contribution in [-0.2, 0) is 14.8 Å². The summed E-state index contributed by atoms with van der Waals surface area (Å²) in [7, 11) is -3.55. The topological polar surface area (TPSA) is 78.5 Å². The van der Waals surface area contributed by atoms with E-state index in [4.69, 9.17) is 0 Å². The van der Waals surface area contributed by atoms with Gasteiger partial charge in [0.15, 0.2) is 0 Å². The van der Waals surface area contributed by atoms with Gasteiger partial charge < -0.3 is 10.6 Å². The molecule has 0 aromatic carbocycles. The van der Waals surface area contributed by atoms with Gasteiger partial charge in [-0.15, -0.1) is 11.3 Å². The molecule has 1 aromatic rings. The molecule has 1 unspecified atom stereocenters. The Morgan fingerprint density at radius 1 is 1.41 bits per heavy atom. The van der Waals surface area contributed by atoms with Crippen LogP contribution in [0.1, 0.15) is 26.2 Å². The molecule has 22 heavy (non-hydrogen) atoms. The van der Waals surface area contributed by atoms with Crippen molar-refractivity contribution < 1.29 is 13.2 Å². The van der Waals surface area contributed by atoms with Crippen molar-refractivity contribution in [2.75, 3.05) is 26.2 Å². The van der Waals surface area contributed by atoms with Crippen LogP contribution in [0.3, 0.4) is 0 Å². The molecule has 2 rings (SSSR count). The fourth-order valence-corrected chi connectivity index (χ4v) is 5.29. The number of sulfonamides is 1. The molecule has 1 aromatic heterocycles. The second kappa shape index (κ2) is 8.05. The van der Waals surface area contributed by atoms with Gasteiger partial charge in [-0.05, 0) is 37.3 Å². The maximum absolute atomic E-state index is 12.6. The van der Waals surface area contributed by atoms with Gasteiger partial charge in [-0.25, -0.2) is 8.42 Å². The van der Waals surface area contributed by atoms with Crippen LogP contribution >= 0.6 is 11.3 Å². The molecule has 0 saturated carbocycles. The van der Waals surface area contributed by atoms with Gasteiger partial charge >= 0.3 is 0 Å². The average Bonchev–Trinajstić information content (AvgIpc) is 3.18. The van der Waals surface area contributed by atoms with Crippen molar-refractivity contribution in [2.24, 2.45) is 0 Å². The Morgan fingerprint density at radius 2 is 2.23 bits per heavy atom. The van der Waals surface area contributed by atoms with E-state index in [0.29, 0.717) is 30.3 Å². The molecule has 1 aliphatic rings. The van der Waals surface area contributed by atoms with Gasteiger partial charge in [0.2, 0.25) is 5.91 Å². The van der Waals surface area contributed by atoms with Gasteiger partial charge in [-0.1, -0.05) is 13.0 Å². The van der Waals surface area contributed by atoms with Crippen molar-refractivity contribution in [1.82, 2.24) is 14.9 Å². The Labute approximate surface area is 135 Å². The van der Waals surface area contributed by atoms with Crippen LogP contribution < -0.4 is 10.6 Å². The van der Waals surface area contributed by atoms with Crippen molar-refractivity contribution in [3.05, 3.63) is 17.5 Å². The second-order valence-electron chi connectivity index (χ2n) is 5.25. The number of hydrogen-bond donors (Lipinski definition) is 2. The number of amides is 1. The summed E-state index contributed by atoms with van der Waals surface area (Å²) in [5, 5.41) is 7.76. The molecule has 2 N–H and O–H groups in total. The molecule has 124 valence electrons. The molecule has 2 heterocycles. The van der Waals surface area contributed by atoms with Gasteiger partial charge in [-0.2, -0.15) is 4.31 Å². The molecule has 8 heteroatoms. The van der Waals surface area contributed by atoms with E-state index in [-0.39, 0.29) is 5.91 Å². The lowest BCUT2D eigenvalue weighted by Crippen LogP contribution is -2.47. The number of carbonyl (C=O) groups is 1. The first-order chi connectivity index (χ1) is 10.6. The lowest BCUT2D eigenvalue weighted by molar-refractivity contribution is -0.124. The van der Waals surface area contributed by atoms with E-state index in [2.05, 4.69) is 17.6 Å². The van der Waals surface area contributed by atoms with Crippen LogP contribution in [0.15, 0.2) is 21.7 Å². The molecule has 1 aliphatic heterocycles. The summed E-state index contributed by atoms with van der Waals surface area (Å²) >= 11 is 1.19. The van der Waals surface area contributed by atoms with Crippen LogP contribution in [0.2, 0.25) is 0 Å². The predicted molar refractivity (Wildman–Crippen MR) is 87.4 cm³/mol. The lowest BCUT2D eigenvalue weighted by atomic mass is 10.2. The van der Waals surface area contributed by atoms with Gasteiger partial charge in [0.25, 0.3) is 10.0 Å². The molecule has 0 radical (unpaired) electrons.